The summed E-state index contributed by atoms with van der Waals surface area (Å²) in [5.41, 5.74) is 1.58. The molecule has 2 N–H and O–H groups in total. The van der Waals surface area contributed by atoms with Crippen LogP contribution in [0.2, 0.25) is 0 Å². The summed E-state index contributed by atoms with van der Waals surface area (Å²) in [6, 6.07) is 2.72. The van der Waals surface area contributed by atoms with E-state index in [1.165, 1.54) is 12.1 Å². The number of benzene rings is 1. The van der Waals surface area contributed by atoms with Crippen molar-refractivity contribution in [2.75, 3.05) is 52.9 Å². The summed E-state index contributed by atoms with van der Waals surface area (Å²) in [7, 11) is 0. The van der Waals surface area contributed by atoms with Crippen molar-refractivity contribution in [3.05, 3.63) is 83.0 Å². The molecule has 0 heterocycles. The van der Waals surface area contributed by atoms with Crippen LogP contribution in [-0.4, -0.2) is 98.5 Å². The lowest BCUT2D eigenvalue weighted by Gasteiger charge is -2.15. The molecule has 1 aromatic rings. The molecule has 0 aliphatic carbocycles. The Kier molecular flexibility index (Phi) is 22.1. The molecule has 270 valence electrons. The molecule has 0 fully saturated rings. The van der Waals surface area contributed by atoms with Crippen LogP contribution in [0.5, 0.6) is 0 Å². The molecule has 0 amide bonds. The van der Waals surface area contributed by atoms with Crippen LogP contribution in [0.15, 0.2) is 60.7 Å². The Bertz CT molecular complexity index is 1350. The molecule has 1 rings (SSSR count). The summed E-state index contributed by atoms with van der Waals surface area (Å²) in [4.78, 5) is 68.8. The molecule has 0 aliphatic rings. The maximum atomic E-state index is 11.9. The first kappa shape index (κ1) is 44.3. The Balaban J connectivity index is 0.000000949. The molecule has 0 spiro atoms. The molecule has 49 heavy (non-hydrogen) atoms. The van der Waals surface area contributed by atoms with Gasteiger partial charge < -0.3 is 33.9 Å². The molecule has 0 saturated heterocycles. The zero-order chi connectivity index (χ0) is 37.5. The van der Waals surface area contributed by atoms with Crippen LogP contribution in [0.1, 0.15) is 72.4 Å². The Labute approximate surface area is 287 Å². The Morgan fingerprint density at radius 2 is 0.939 bits per heavy atom. The first-order chi connectivity index (χ1) is 23.0. The van der Waals surface area contributed by atoms with Crippen LogP contribution in [0.4, 0.5) is 0 Å². The van der Waals surface area contributed by atoms with Gasteiger partial charge in [0.2, 0.25) is 0 Å². The first-order valence-corrected chi connectivity index (χ1v) is 15.4. The minimum atomic E-state index is -1.38. The van der Waals surface area contributed by atoms with E-state index < -0.39 is 23.9 Å². The van der Waals surface area contributed by atoms with Gasteiger partial charge >= 0.3 is 23.9 Å². The van der Waals surface area contributed by atoms with Crippen LogP contribution < -0.4 is 0 Å². The van der Waals surface area contributed by atoms with E-state index in [1.807, 2.05) is 0 Å². The van der Waals surface area contributed by atoms with Gasteiger partial charge in [-0.15, -0.1) is 0 Å². The molecule has 0 bridgehead atoms. The van der Waals surface area contributed by atoms with Crippen LogP contribution in [0, 0.1) is 0 Å². The fraction of sp³-hybridized carbons (Fsp3) is 0.444. The average molecular weight is 689 g/mol. The predicted octanol–water partition coefficient (Wildman–Crippen LogP) is 4.51. The second-order valence-corrected chi connectivity index (χ2v) is 10.8. The van der Waals surface area contributed by atoms with Gasteiger partial charge in [0.05, 0.1) is 50.8 Å². The number of carbonyl (C=O) groups is 6. The fourth-order valence-corrected chi connectivity index (χ4v) is 3.72. The lowest BCUT2D eigenvalue weighted by molar-refractivity contribution is -0.141. The number of hydrogen-bond acceptors (Lipinski definition) is 11. The van der Waals surface area contributed by atoms with Crippen molar-refractivity contribution in [3.63, 3.8) is 0 Å². The van der Waals surface area contributed by atoms with Gasteiger partial charge in [-0.3, -0.25) is 9.59 Å². The lowest BCUT2D eigenvalue weighted by Crippen LogP contribution is -2.15. The normalized spacial score (nSPS) is 10.2. The van der Waals surface area contributed by atoms with Crippen molar-refractivity contribution in [2.45, 2.75) is 53.4 Å². The van der Waals surface area contributed by atoms with Gasteiger partial charge in [0.25, 0.3) is 0 Å². The zero-order valence-electron chi connectivity index (χ0n) is 28.9. The molecule has 0 radical (unpaired) electrons. The number of allylic oxidation sites excluding steroid dienone is 2. The van der Waals surface area contributed by atoms with Gasteiger partial charge in [-0.2, -0.15) is 0 Å². The summed E-state index contributed by atoms with van der Waals surface area (Å²) in [5.74, 6) is -3.97. The van der Waals surface area contributed by atoms with E-state index in [1.54, 1.807) is 27.7 Å². The highest BCUT2D eigenvalue weighted by Gasteiger charge is 2.23. The third-order valence-electron chi connectivity index (χ3n) is 6.39. The van der Waals surface area contributed by atoms with Crippen molar-refractivity contribution < 1.29 is 62.7 Å². The number of Topliss-reactive ketones (excluding diaryl/α,β-unsaturated/α-hetero) is 2. The SMILES string of the molecule is C=C(C)C(=O)CCc1ccc(C(=O)O)c(C(=O)O)c1CCC(=O)C(=C)C.C=C(C)C(=O)OCCOCCOCCOCCOC(=O)C(=C)C. The second-order valence-electron chi connectivity index (χ2n) is 10.8. The van der Waals surface area contributed by atoms with Crippen molar-refractivity contribution in [1.82, 2.24) is 0 Å². The molecule has 0 atom stereocenters. The van der Waals surface area contributed by atoms with E-state index in [-0.39, 0.29) is 67.2 Å². The van der Waals surface area contributed by atoms with Crippen LogP contribution in [-0.2, 0) is 55.7 Å². The second kappa shape index (κ2) is 24.4. The van der Waals surface area contributed by atoms with E-state index in [9.17, 15) is 39.0 Å². The van der Waals surface area contributed by atoms with E-state index in [4.69, 9.17) is 23.7 Å². The molecule has 1 aromatic carbocycles. The van der Waals surface area contributed by atoms with Gasteiger partial charge in [0.15, 0.2) is 11.6 Å². The zero-order valence-corrected chi connectivity index (χ0v) is 28.9. The summed E-state index contributed by atoms with van der Waals surface area (Å²) < 4.78 is 25.4. The van der Waals surface area contributed by atoms with E-state index in [2.05, 4.69) is 26.3 Å². The monoisotopic (exact) mass is 688 g/mol. The largest absolute Gasteiger partial charge is 0.478 e. The molecule has 13 heteroatoms. The van der Waals surface area contributed by atoms with Crippen LogP contribution in [0.25, 0.3) is 0 Å². The number of aromatic carboxylic acids is 2. The number of rotatable bonds is 24. The van der Waals surface area contributed by atoms with Crippen molar-refractivity contribution >= 4 is 35.4 Å². The highest BCUT2D eigenvalue weighted by atomic mass is 16.6. The maximum Gasteiger partial charge on any atom is 0.336 e. The minimum absolute atomic E-state index is 0.0140. The molecule has 0 aromatic heterocycles. The maximum absolute atomic E-state index is 11.9. The fourth-order valence-electron chi connectivity index (χ4n) is 3.72. The lowest BCUT2D eigenvalue weighted by atomic mass is 9.89. The number of carbonyl (C=O) groups excluding carboxylic acids is 4. The highest BCUT2D eigenvalue weighted by molar-refractivity contribution is 6.03. The molecular formula is C36H48O13. The van der Waals surface area contributed by atoms with Crippen molar-refractivity contribution in [2.24, 2.45) is 0 Å². The molecular weight excluding hydrogens is 640 g/mol. The first-order valence-electron chi connectivity index (χ1n) is 15.4. The van der Waals surface area contributed by atoms with E-state index >= 15 is 0 Å². The summed E-state index contributed by atoms with van der Waals surface area (Å²) in [6.07, 6.45) is 0.440. The van der Waals surface area contributed by atoms with Crippen LogP contribution >= 0.6 is 0 Å². The number of carboxylic acid groups (broad SMARTS) is 2. The Morgan fingerprint density at radius 1 is 0.551 bits per heavy atom. The third-order valence-corrected chi connectivity index (χ3v) is 6.39. The standard InChI is InChI=1S/C20H22O6.C16H26O7/c1-11(2)16(21)9-6-13-5-7-15(19(23)24)18(20(25)26)14(13)8-10-17(22)12(3)4;1-13(2)15(17)22-11-9-20-7-5-19-6-8-21-10-12-23-16(18)14(3)4/h5,7H,1,3,6,8-10H2,2,4H3,(H,23,24)(H,25,26);1,3,5-12H2,2,4H3. The van der Waals surface area contributed by atoms with Gasteiger partial charge in [-0.1, -0.05) is 32.4 Å². The van der Waals surface area contributed by atoms with E-state index in [0.717, 1.165) is 0 Å². The summed E-state index contributed by atoms with van der Waals surface area (Å²) in [6.45, 7) is 23.0. The van der Waals surface area contributed by atoms with Gasteiger partial charge in [-0.05, 0) is 68.9 Å². The quantitative estimate of drug-likeness (QED) is 0.0877. The smallest absolute Gasteiger partial charge is 0.336 e. The van der Waals surface area contributed by atoms with Gasteiger partial charge in [0.1, 0.15) is 13.2 Å². The number of esters is 2. The van der Waals surface area contributed by atoms with E-state index in [0.29, 0.717) is 67.5 Å². The number of carboxylic acids is 2. The Morgan fingerprint density at radius 3 is 1.29 bits per heavy atom. The van der Waals surface area contributed by atoms with Crippen LogP contribution in [0.3, 0.4) is 0 Å². The van der Waals surface area contributed by atoms with Crippen molar-refractivity contribution in [3.8, 4) is 0 Å². The molecule has 0 aliphatic heterocycles. The topological polar surface area (TPSA) is 189 Å². The van der Waals surface area contributed by atoms with Gasteiger partial charge in [-0.25, -0.2) is 19.2 Å². The number of ketones is 2. The minimum Gasteiger partial charge on any atom is -0.478 e. The highest BCUT2D eigenvalue weighted by Crippen LogP contribution is 2.24. The summed E-state index contributed by atoms with van der Waals surface area (Å²) >= 11 is 0. The summed E-state index contributed by atoms with van der Waals surface area (Å²) in [5, 5.41) is 18.8. The van der Waals surface area contributed by atoms with Crippen molar-refractivity contribution in [1.29, 1.82) is 0 Å². The number of ether oxygens (including phenoxy) is 5. The number of hydrogen-bond donors (Lipinski definition) is 2. The molecule has 13 nitrogen and oxygen atoms in total. The third kappa shape index (κ3) is 19.0. The van der Waals surface area contributed by atoms with Gasteiger partial charge in [0, 0.05) is 24.0 Å². The average Bonchev–Trinajstić information content (AvgIpc) is 3.03. The molecule has 0 unspecified atom stereocenters. The molecule has 0 saturated carbocycles. The Hall–Kier alpha value is -4.72. The predicted molar refractivity (Wildman–Crippen MR) is 181 cm³/mol. The number of aryl methyl sites for hydroxylation is 1.